The fraction of sp³-hybridized carbons (Fsp3) is 0.417. The molecule has 0 radical (unpaired) electrons. The number of nitro benzene ring substituents is 1. The first kappa shape index (κ1) is 41.3. The molecule has 2 aromatic carbocycles. The molecule has 17 heteroatoms. The van der Waals surface area contributed by atoms with Crippen LogP contribution in [0.3, 0.4) is 0 Å². The number of urea groups is 1. The van der Waals surface area contributed by atoms with Crippen LogP contribution < -0.4 is 26.4 Å². The molecule has 0 saturated heterocycles. The summed E-state index contributed by atoms with van der Waals surface area (Å²) in [6, 6.07) is 9.72. The normalized spacial score (nSPS) is 13.3. The Kier molecular flexibility index (Phi) is 16.1. The maximum absolute atomic E-state index is 13.5. The molecule has 0 bridgehead atoms. The van der Waals surface area contributed by atoms with Gasteiger partial charge in [-0.3, -0.25) is 39.0 Å². The van der Waals surface area contributed by atoms with Crippen molar-refractivity contribution in [3.8, 4) is 5.75 Å². The maximum atomic E-state index is 13.5. The number of nitrogens with one attached hydrogen (secondary N) is 3. The number of anilines is 1. The van der Waals surface area contributed by atoms with Gasteiger partial charge in [0.1, 0.15) is 12.4 Å². The number of benzene rings is 2. The number of rotatable bonds is 21. The second kappa shape index (κ2) is 20.7. The molecule has 284 valence electrons. The number of ketones is 1. The van der Waals surface area contributed by atoms with Crippen LogP contribution in [0.15, 0.2) is 60.7 Å². The van der Waals surface area contributed by atoms with Crippen molar-refractivity contribution in [1.29, 1.82) is 0 Å². The number of nitrogens with zero attached hydrogens (tertiary/aromatic N) is 2. The van der Waals surface area contributed by atoms with Gasteiger partial charge in [0, 0.05) is 61.8 Å². The molecule has 1 aliphatic heterocycles. The van der Waals surface area contributed by atoms with Gasteiger partial charge in [-0.2, -0.15) is 0 Å². The molecular weight excluding hydrogens is 692 g/mol. The largest absolute Gasteiger partial charge is 0.514 e. The molecule has 0 fully saturated rings. The Bertz CT molecular complexity index is 1660. The van der Waals surface area contributed by atoms with Crippen molar-refractivity contribution in [3.63, 3.8) is 0 Å². The Morgan fingerprint density at radius 3 is 2.17 bits per heavy atom. The van der Waals surface area contributed by atoms with E-state index in [0.29, 0.717) is 36.9 Å². The van der Waals surface area contributed by atoms with Gasteiger partial charge in [-0.05, 0) is 61.4 Å². The van der Waals surface area contributed by atoms with E-state index in [9.17, 15) is 43.7 Å². The third kappa shape index (κ3) is 14.2. The van der Waals surface area contributed by atoms with E-state index in [4.69, 9.17) is 15.2 Å². The number of ether oxygens (including phenoxy) is 2. The molecule has 0 unspecified atom stereocenters. The lowest BCUT2D eigenvalue weighted by Crippen LogP contribution is -2.45. The summed E-state index contributed by atoms with van der Waals surface area (Å²) >= 11 is 0. The number of non-ortho nitro benzene ring substituents is 1. The summed E-state index contributed by atoms with van der Waals surface area (Å²) in [6.07, 6.45) is 3.59. The highest BCUT2D eigenvalue weighted by Gasteiger charge is 2.29. The van der Waals surface area contributed by atoms with Gasteiger partial charge in [0.15, 0.2) is 5.78 Å². The van der Waals surface area contributed by atoms with Crippen LogP contribution in [0, 0.1) is 22.0 Å². The minimum absolute atomic E-state index is 0.0667. The number of carbonyl (C=O) groups is 7. The second-order valence-electron chi connectivity index (χ2n) is 12.6. The summed E-state index contributed by atoms with van der Waals surface area (Å²) < 4.78 is 10.1. The van der Waals surface area contributed by atoms with Gasteiger partial charge in [-0.25, -0.2) is 9.59 Å². The number of nitro groups is 1. The standard InChI is InChI=1S/C36H44N6O11/c1-23(2)33(40-30(44)8-4-3-5-20-41-31(45)17-18-32(41)46)29(43)21-25(7-6-19-38-35(37)48)34(47)39-26-11-9-24(10-12-26)22-52-36(49)53-28-15-13-27(14-16-28)42(50)51/h9-18,23,25,33H,3-8,19-22H2,1-2H3,(H,39,47)(H,40,44)(H3,37,38,48)/t25-,33+/m1/s1. The first-order chi connectivity index (χ1) is 25.2. The predicted molar refractivity (Wildman–Crippen MR) is 190 cm³/mol. The third-order valence-corrected chi connectivity index (χ3v) is 8.19. The minimum Gasteiger partial charge on any atom is -0.429 e. The minimum atomic E-state index is -1.02. The molecule has 53 heavy (non-hydrogen) atoms. The first-order valence-electron chi connectivity index (χ1n) is 17.1. The quantitative estimate of drug-likeness (QED) is 0.0357. The molecule has 0 saturated carbocycles. The maximum Gasteiger partial charge on any atom is 0.514 e. The summed E-state index contributed by atoms with van der Waals surface area (Å²) in [5, 5.41) is 18.8. The van der Waals surface area contributed by atoms with Gasteiger partial charge >= 0.3 is 12.2 Å². The van der Waals surface area contributed by atoms with Crippen molar-refractivity contribution in [2.45, 2.75) is 71.4 Å². The van der Waals surface area contributed by atoms with Gasteiger partial charge in [-0.1, -0.05) is 32.4 Å². The van der Waals surface area contributed by atoms with E-state index < -0.39 is 35.0 Å². The van der Waals surface area contributed by atoms with Crippen molar-refractivity contribution < 1.29 is 48.0 Å². The number of hydrogen-bond donors (Lipinski definition) is 4. The topological polar surface area (TPSA) is 246 Å². The highest BCUT2D eigenvalue weighted by molar-refractivity contribution is 6.12. The molecule has 0 aromatic heterocycles. The molecule has 2 atom stereocenters. The number of Topliss-reactive ketones (excluding diaryl/α,β-unsaturated/α-hetero) is 1. The number of hydrogen-bond acceptors (Lipinski definition) is 11. The van der Waals surface area contributed by atoms with Crippen LogP contribution in [0.2, 0.25) is 0 Å². The highest BCUT2D eigenvalue weighted by atomic mass is 16.7. The average Bonchev–Trinajstić information content (AvgIpc) is 3.43. The molecule has 17 nitrogen and oxygen atoms in total. The highest BCUT2D eigenvalue weighted by Crippen LogP contribution is 2.21. The number of primary amides is 1. The van der Waals surface area contributed by atoms with E-state index in [1.54, 1.807) is 38.1 Å². The van der Waals surface area contributed by atoms with Gasteiger partial charge in [0.2, 0.25) is 11.8 Å². The average molecular weight is 737 g/mol. The zero-order chi connectivity index (χ0) is 38.9. The summed E-state index contributed by atoms with van der Waals surface area (Å²) in [5.41, 5.74) is 5.96. The van der Waals surface area contributed by atoms with Crippen molar-refractivity contribution in [2.24, 2.45) is 17.6 Å². The molecule has 0 aliphatic carbocycles. The molecule has 5 N–H and O–H groups in total. The molecular formula is C36H44N6O11. The molecule has 3 rings (SSSR count). The van der Waals surface area contributed by atoms with Crippen molar-refractivity contribution >= 4 is 53.0 Å². The zero-order valence-corrected chi connectivity index (χ0v) is 29.5. The number of imide groups is 1. The summed E-state index contributed by atoms with van der Waals surface area (Å²) in [7, 11) is 0. The Balaban J connectivity index is 1.52. The number of amides is 6. The number of nitrogens with two attached hydrogens (primary N) is 1. The van der Waals surface area contributed by atoms with Gasteiger partial charge < -0.3 is 31.2 Å². The summed E-state index contributed by atoms with van der Waals surface area (Å²) in [4.78, 5) is 97.6. The van der Waals surface area contributed by atoms with Crippen LogP contribution in [0.4, 0.5) is 21.0 Å². The summed E-state index contributed by atoms with van der Waals surface area (Å²) in [5.74, 6) is -2.83. The smallest absolute Gasteiger partial charge is 0.429 e. The van der Waals surface area contributed by atoms with Crippen LogP contribution >= 0.6 is 0 Å². The van der Waals surface area contributed by atoms with Crippen LogP contribution in [0.25, 0.3) is 0 Å². The molecule has 6 amide bonds. The van der Waals surface area contributed by atoms with Crippen molar-refractivity contribution in [3.05, 3.63) is 76.4 Å². The third-order valence-electron chi connectivity index (χ3n) is 8.19. The van der Waals surface area contributed by atoms with Crippen molar-refractivity contribution in [1.82, 2.24) is 15.5 Å². The van der Waals surface area contributed by atoms with Crippen LogP contribution in [0.1, 0.15) is 64.4 Å². The predicted octanol–water partition coefficient (Wildman–Crippen LogP) is 3.90. The monoisotopic (exact) mass is 736 g/mol. The van der Waals surface area contributed by atoms with Gasteiger partial charge in [-0.15, -0.1) is 0 Å². The van der Waals surface area contributed by atoms with E-state index >= 15 is 0 Å². The first-order valence-corrected chi connectivity index (χ1v) is 17.1. The Morgan fingerprint density at radius 1 is 0.906 bits per heavy atom. The van der Waals surface area contributed by atoms with E-state index in [0.717, 1.165) is 4.90 Å². The number of carbonyl (C=O) groups excluding carboxylic acids is 7. The van der Waals surface area contributed by atoms with E-state index in [1.807, 2.05) is 0 Å². The van der Waals surface area contributed by atoms with Gasteiger partial charge in [0.05, 0.1) is 11.0 Å². The van der Waals surface area contributed by atoms with E-state index in [-0.39, 0.29) is 79.8 Å². The molecule has 0 spiro atoms. The molecule has 1 heterocycles. The van der Waals surface area contributed by atoms with Crippen LogP contribution in [-0.2, 0) is 35.3 Å². The SMILES string of the molecule is CC(C)[C@H](NC(=O)CCCCCN1C(=O)C=CC1=O)C(=O)C[C@@H](CCCNC(N)=O)C(=O)Nc1ccc(COC(=O)Oc2ccc([N+](=O)[O-])cc2)cc1. The number of unbranched alkanes of at least 4 members (excludes halogenated alkanes) is 2. The van der Waals surface area contributed by atoms with Crippen molar-refractivity contribution in [2.75, 3.05) is 18.4 Å². The second-order valence-corrected chi connectivity index (χ2v) is 12.6. The van der Waals surface area contributed by atoms with Crippen LogP contribution in [-0.4, -0.2) is 70.6 Å². The fourth-order valence-corrected chi connectivity index (χ4v) is 5.34. The molecule has 1 aliphatic rings. The van der Waals surface area contributed by atoms with E-state index in [2.05, 4.69) is 16.0 Å². The Labute approximate surface area is 305 Å². The lowest BCUT2D eigenvalue weighted by atomic mass is 9.89. The Morgan fingerprint density at radius 2 is 1.57 bits per heavy atom. The lowest BCUT2D eigenvalue weighted by Gasteiger charge is -2.24. The van der Waals surface area contributed by atoms with Crippen LogP contribution in [0.5, 0.6) is 5.75 Å². The zero-order valence-electron chi connectivity index (χ0n) is 29.5. The Hall–Kier alpha value is -6.13. The molecule has 2 aromatic rings. The lowest BCUT2D eigenvalue weighted by molar-refractivity contribution is -0.384. The fourth-order valence-electron chi connectivity index (χ4n) is 5.34. The van der Waals surface area contributed by atoms with E-state index in [1.165, 1.54) is 36.4 Å². The van der Waals surface area contributed by atoms with Gasteiger partial charge in [0.25, 0.3) is 17.5 Å². The summed E-state index contributed by atoms with van der Waals surface area (Å²) in [6.45, 7) is 3.86.